The molecule has 0 saturated carbocycles. The van der Waals surface area contributed by atoms with Crippen LogP contribution in [0, 0.1) is 0 Å². The van der Waals surface area contributed by atoms with Gasteiger partial charge < -0.3 is 14.2 Å². The Morgan fingerprint density at radius 3 is 2.32 bits per heavy atom. The summed E-state index contributed by atoms with van der Waals surface area (Å²) < 4.78 is 44.4. The van der Waals surface area contributed by atoms with Crippen LogP contribution in [0.2, 0.25) is 5.02 Å². The first-order valence-electron chi connectivity index (χ1n) is 13.1. The van der Waals surface area contributed by atoms with Crippen LogP contribution < -0.4 is 4.90 Å². The Bertz CT molecular complexity index is 1360. The van der Waals surface area contributed by atoms with Gasteiger partial charge in [-0.2, -0.15) is 4.31 Å². The molecule has 1 fully saturated rings. The van der Waals surface area contributed by atoms with E-state index in [1.807, 2.05) is 12.1 Å². The molecule has 0 radical (unpaired) electrons. The van der Waals surface area contributed by atoms with Gasteiger partial charge in [0, 0.05) is 59.1 Å². The SMILES string of the molecule is COCCN(CCOC)S(=O)(=O)c1ccc(C(=O)N(CCCN2CCOCC2)c2nc3c(Cl)cccc3s2)cc1.Cl. The minimum absolute atomic E-state index is 0. The van der Waals surface area contributed by atoms with E-state index in [9.17, 15) is 13.2 Å². The molecule has 1 amide bonds. The topological polar surface area (TPSA) is 102 Å². The van der Waals surface area contributed by atoms with E-state index in [1.54, 1.807) is 23.1 Å². The standard InChI is InChI=1S/C27H35ClN4O6S2.ClH/c1-36-17-15-31(16-18-37-2)40(34,35)22-9-7-21(8-10-22)26(33)32(12-4-11-30-13-19-38-20-14-30)27-29-25-23(28)5-3-6-24(25)39-27;/h3,5-10H,4,11-20H2,1-2H3;1H. The Kier molecular flexibility index (Phi) is 13.2. The molecular weight excluding hydrogens is 611 g/mol. The number of anilines is 1. The summed E-state index contributed by atoms with van der Waals surface area (Å²) in [6, 6.07) is 11.6. The van der Waals surface area contributed by atoms with Gasteiger partial charge in [0.05, 0.1) is 41.0 Å². The quantitative estimate of drug-likeness (QED) is 0.259. The summed E-state index contributed by atoms with van der Waals surface area (Å²) in [5.74, 6) is -0.253. The van der Waals surface area contributed by atoms with Crippen LogP contribution in [0.3, 0.4) is 0 Å². The number of benzene rings is 2. The van der Waals surface area contributed by atoms with Crippen LogP contribution >= 0.6 is 35.3 Å². The van der Waals surface area contributed by atoms with Crippen LogP contribution in [0.5, 0.6) is 0 Å². The Hall–Kier alpha value is -1.87. The maximum atomic E-state index is 13.8. The van der Waals surface area contributed by atoms with Crippen LogP contribution in [0.4, 0.5) is 5.13 Å². The molecule has 41 heavy (non-hydrogen) atoms. The third kappa shape index (κ3) is 8.59. The number of halogens is 2. The minimum Gasteiger partial charge on any atom is -0.383 e. The molecule has 2 aromatic carbocycles. The molecule has 1 aliphatic rings. The maximum absolute atomic E-state index is 13.8. The highest BCUT2D eigenvalue weighted by atomic mass is 35.5. The molecule has 0 unspecified atom stereocenters. The van der Waals surface area contributed by atoms with Gasteiger partial charge in [-0.25, -0.2) is 13.4 Å². The van der Waals surface area contributed by atoms with E-state index in [4.69, 9.17) is 30.8 Å². The number of sulfonamides is 1. The number of para-hydroxylation sites is 1. The maximum Gasteiger partial charge on any atom is 0.260 e. The lowest BCUT2D eigenvalue weighted by molar-refractivity contribution is 0.0376. The van der Waals surface area contributed by atoms with Gasteiger partial charge in [-0.1, -0.05) is 29.0 Å². The Morgan fingerprint density at radius 1 is 1.05 bits per heavy atom. The van der Waals surface area contributed by atoms with Gasteiger partial charge in [0.15, 0.2) is 5.13 Å². The summed E-state index contributed by atoms with van der Waals surface area (Å²) in [6.07, 6.45) is 0.746. The summed E-state index contributed by atoms with van der Waals surface area (Å²) in [5, 5.41) is 1.08. The van der Waals surface area contributed by atoms with Crippen molar-refractivity contribution < 1.29 is 27.4 Å². The number of morpholine rings is 1. The molecule has 10 nitrogen and oxygen atoms in total. The highest BCUT2D eigenvalue weighted by molar-refractivity contribution is 7.89. The lowest BCUT2D eigenvalue weighted by atomic mass is 10.2. The first-order valence-corrected chi connectivity index (χ1v) is 15.7. The molecule has 226 valence electrons. The molecule has 1 aliphatic heterocycles. The lowest BCUT2D eigenvalue weighted by Crippen LogP contribution is -2.39. The second-order valence-corrected chi connectivity index (χ2v) is 12.6. The molecule has 0 atom stereocenters. The molecule has 4 rings (SSSR count). The number of hydrogen-bond acceptors (Lipinski definition) is 9. The number of carbonyl (C=O) groups is 1. The first kappa shape index (κ1) is 33.6. The third-order valence-corrected chi connectivity index (χ3v) is 9.88. The van der Waals surface area contributed by atoms with Crippen molar-refractivity contribution in [3.63, 3.8) is 0 Å². The third-order valence-electron chi connectivity index (χ3n) is 6.62. The van der Waals surface area contributed by atoms with Crippen LogP contribution in [0.25, 0.3) is 10.2 Å². The molecule has 2 heterocycles. The molecule has 0 spiro atoms. The second-order valence-electron chi connectivity index (χ2n) is 9.26. The number of fused-ring (bicyclic) bond motifs is 1. The number of amides is 1. The number of nitrogens with zero attached hydrogens (tertiary/aromatic N) is 4. The van der Waals surface area contributed by atoms with E-state index in [0.717, 1.165) is 30.8 Å². The minimum atomic E-state index is -3.80. The highest BCUT2D eigenvalue weighted by Gasteiger charge is 2.26. The van der Waals surface area contributed by atoms with Gasteiger partial charge in [-0.15, -0.1) is 12.4 Å². The van der Waals surface area contributed by atoms with E-state index in [1.165, 1.54) is 42.0 Å². The number of aromatic nitrogens is 1. The Balaban J connectivity index is 0.00000462. The number of carbonyl (C=O) groups excluding carboxylic acids is 1. The smallest absolute Gasteiger partial charge is 0.260 e. The highest BCUT2D eigenvalue weighted by Crippen LogP contribution is 2.33. The molecule has 0 bridgehead atoms. The van der Waals surface area contributed by atoms with E-state index >= 15 is 0 Å². The zero-order chi connectivity index (χ0) is 28.5. The number of methoxy groups -OCH3 is 2. The van der Waals surface area contributed by atoms with Crippen LogP contribution in [-0.2, 0) is 24.2 Å². The molecule has 1 saturated heterocycles. The van der Waals surface area contributed by atoms with Crippen molar-refractivity contribution in [3.05, 3.63) is 53.1 Å². The van der Waals surface area contributed by atoms with Gasteiger partial charge in [0.2, 0.25) is 10.0 Å². The monoisotopic (exact) mass is 646 g/mol. The van der Waals surface area contributed by atoms with Crippen LogP contribution in [0.1, 0.15) is 16.8 Å². The molecule has 1 aromatic heterocycles. The zero-order valence-electron chi connectivity index (χ0n) is 23.2. The van der Waals surface area contributed by atoms with Crippen LogP contribution in [-0.4, -0.2) is 108 Å². The van der Waals surface area contributed by atoms with Crippen molar-refractivity contribution >= 4 is 66.6 Å². The van der Waals surface area contributed by atoms with E-state index in [0.29, 0.717) is 41.0 Å². The fraction of sp³-hybridized carbons (Fsp3) is 0.481. The lowest BCUT2D eigenvalue weighted by Gasteiger charge is -2.27. The Morgan fingerprint density at radius 2 is 1.71 bits per heavy atom. The summed E-state index contributed by atoms with van der Waals surface area (Å²) in [5.41, 5.74) is 1.03. The average molecular weight is 648 g/mol. The molecule has 14 heteroatoms. The predicted molar refractivity (Wildman–Crippen MR) is 164 cm³/mol. The van der Waals surface area contributed by atoms with E-state index < -0.39 is 10.0 Å². The van der Waals surface area contributed by atoms with E-state index in [2.05, 4.69) is 4.90 Å². The van der Waals surface area contributed by atoms with Crippen molar-refractivity contribution in [2.75, 3.05) is 84.8 Å². The largest absolute Gasteiger partial charge is 0.383 e. The van der Waals surface area contributed by atoms with Gasteiger partial charge in [0.25, 0.3) is 5.91 Å². The second kappa shape index (κ2) is 16.1. The predicted octanol–water partition coefficient (Wildman–Crippen LogP) is 4.02. The van der Waals surface area contributed by atoms with Crippen LogP contribution in [0.15, 0.2) is 47.4 Å². The van der Waals surface area contributed by atoms with Gasteiger partial charge in [-0.05, 0) is 42.8 Å². The molecule has 0 aliphatic carbocycles. The van der Waals surface area contributed by atoms with Crippen molar-refractivity contribution in [2.24, 2.45) is 0 Å². The summed E-state index contributed by atoms with van der Waals surface area (Å²) in [7, 11) is -0.759. The zero-order valence-corrected chi connectivity index (χ0v) is 26.4. The number of rotatable bonds is 14. The fourth-order valence-corrected chi connectivity index (χ4v) is 7.09. The molecule has 0 N–H and O–H groups in total. The fourth-order valence-electron chi connectivity index (χ4n) is 4.39. The summed E-state index contributed by atoms with van der Waals surface area (Å²) >= 11 is 7.78. The van der Waals surface area contributed by atoms with Gasteiger partial charge in [-0.3, -0.25) is 14.6 Å². The summed E-state index contributed by atoms with van der Waals surface area (Å²) in [6.45, 7) is 5.34. The van der Waals surface area contributed by atoms with Gasteiger partial charge >= 0.3 is 0 Å². The number of ether oxygens (including phenoxy) is 3. The van der Waals surface area contributed by atoms with E-state index in [-0.39, 0.29) is 49.5 Å². The van der Waals surface area contributed by atoms with Crippen molar-refractivity contribution in [3.8, 4) is 0 Å². The number of thiazole rings is 1. The van der Waals surface area contributed by atoms with Crippen molar-refractivity contribution in [1.29, 1.82) is 0 Å². The normalized spacial score (nSPS) is 14.3. The molecular formula is C27H36Cl2N4O6S2. The van der Waals surface area contributed by atoms with Crippen molar-refractivity contribution in [1.82, 2.24) is 14.2 Å². The first-order chi connectivity index (χ1) is 19.3. The van der Waals surface area contributed by atoms with Crippen molar-refractivity contribution in [2.45, 2.75) is 11.3 Å². The molecule has 3 aromatic rings. The van der Waals surface area contributed by atoms with Gasteiger partial charge in [0.1, 0.15) is 5.52 Å². The Labute approximate surface area is 256 Å². The average Bonchev–Trinajstić information content (AvgIpc) is 3.41. The number of hydrogen-bond donors (Lipinski definition) is 0. The summed E-state index contributed by atoms with van der Waals surface area (Å²) in [4.78, 5) is 22.6.